The standard InChI is InChI=1S/C28H33NO5/c1-5-33-28-21(7-6-8-25(28)32-4)22-15-26(31)29-23-13-19(14-24(30)27(22)23)18-9-11-20(12-10-18)34-16-17(2)3/h6-12,17,19,22H,5,13-16H2,1-4H3,(H,29,31). The van der Waals surface area contributed by atoms with Crippen LogP contribution in [0.25, 0.3) is 0 Å². The van der Waals surface area contributed by atoms with Crippen molar-refractivity contribution >= 4 is 11.7 Å². The molecule has 2 atom stereocenters. The largest absolute Gasteiger partial charge is 0.493 e. The van der Waals surface area contributed by atoms with E-state index in [1.54, 1.807) is 7.11 Å². The highest BCUT2D eigenvalue weighted by Gasteiger charge is 2.39. The van der Waals surface area contributed by atoms with E-state index < -0.39 is 0 Å². The summed E-state index contributed by atoms with van der Waals surface area (Å²) in [5.41, 5.74) is 3.32. The second kappa shape index (κ2) is 10.3. The molecule has 34 heavy (non-hydrogen) atoms. The fourth-order valence-electron chi connectivity index (χ4n) is 4.83. The number of rotatable bonds is 8. The number of nitrogens with one attached hydrogen (secondary N) is 1. The SMILES string of the molecule is CCOc1c(OC)cccc1C1CC(=O)NC2=C1C(=O)CC(c1ccc(OCC(C)C)cc1)C2. The van der Waals surface area contributed by atoms with Crippen molar-refractivity contribution in [1.29, 1.82) is 0 Å². The third-order valence-electron chi connectivity index (χ3n) is 6.36. The Labute approximate surface area is 201 Å². The van der Waals surface area contributed by atoms with Crippen molar-refractivity contribution in [2.75, 3.05) is 20.3 Å². The third kappa shape index (κ3) is 4.96. The van der Waals surface area contributed by atoms with E-state index in [0.29, 0.717) is 49.0 Å². The number of Topliss-reactive ketones (excluding diaryl/α,β-unsaturated/α-hetero) is 1. The number of carbonyl (C=O) groups is 2. The minimum Gasteiger partial charge on any atom is -0.493 e. The molecule has 0 saturated heterocycles. The highest BCUT2D eigenvalue weighted by molar-refractivity contribution is 6.02. The van der Waals surface area contributed by atoms with Crippen LogP contribution in [0.1, 0.15) is 63.0 Å². The van der Waals surface area contributed by atoms with Gasteiger partial charge in [0, 0.05) is 35.6 Å². The minimum atomic E-state index is -0.347. The lowest BCUT2D eigenvalue weighted by Gasteiger charge is -2.35. The average Bonchev–Trinajstić information content (AvgIpc) is 2.82. The maximum atomic E-state index is 13.5. The first-order valence-corrected chi connectivity index (χ1v) is 12.0. The van der Waals surface area contributed by atoms with Crippen LogP contribution in [0.4, 0.5) is 0 Å². The first kappa shape index (κ1) is 23.9. The van der Waals surface area contributed by atoms with Crippen molar-refractivity contribution in [2.24, 2.45) is 5.92 Å². The molecule has 180 valence electrons. The fourth-order valence-corrected chi connectivity index (χ4v) is 4.83. The van der Waals surface area contributed by atoms with Gasteiger partial charge in [-0.3, -0.25) is 9.59 Å². The van der Waals surface area contributed by atoms with Gasteiger partial charge >= 0.3 is 0 Å². The van der Waals surface area contributed by atoms with Crippen molar-refractivity contribution in [1.82, 2.24) is 5.32 Å². The summed E-state index contributed by atoms with van der Waals surface area (Å²) < 4.78 is 17.2. The molecule has 1 aliphatic heterocycles. The van der Waals surface area contributed by atoms with E-state index >= 15 is 0 Å². The summed E-state index contributed by atoms with van der Waals surface area (Å²) in [4.78, 5) is 26.2. The molecule has 1 heterocycles. The quantitative estimate of drug-likeness (QED) is 0.587. The molecular formula is C28H33NO5. The van der Waals surface area contributed by atoms with Gasteiger partial charge in [-0.25, -0.2) is 0 Å². The van der Waals surface area contributed by atoms with Gasteiger partial charge in [0.15, 0.2) is 17.3 Å². The van der Waals surface area contributed by atoms with Gasteiger partial charge < -0.3 is 19.5 Å². The van der Waals surface area contributed by atoms with Crippen LogP contribution in [-0.2, 0) is 9.59 Å². The Bertz CT molecular complexity index is 1090. The van der Waals surface area contributed by atoms with Crippen molar-refractivity contribution in [3.8, 4) is 17.2 Å². The molecule has 6 nitrogen and oxygen atoms in total. The first-order valence-electron chi connectivity index (χ1n) is 12.0. The zero-order valence-corrected chi connectivity index (χ0v) is 20.4. The van der Waals surface area contributed by atoms with E-state index in [2.05, 4.69) is 19.2 Å². The van der Waals surface area contributed by atoms with Crippen molar-refractivity contribution in [3.63, 3.8) is 0 Å². The van der Waals surface area contributed by atoms with E-state index in [4.69, 9.17) is 14.2 Å². The van der Waals surface area contributed by atoms with Crippen LogP contribution in [-0.4, -0.2) is 32.0 Å². The van der Waals surface area contributed by atoms with Gasteiger partial charge in [0.25, 0.3) is 0 Å². The topological polar surface area (TPSA) is 73.9 Å². The van der Waals surface area contributed by atoms with E-state index in [1.807, 2.05) is 49.4 Å². The maximum absolute atomic E-state index is 13.5. The molecule has 0 spiro atoms. The molecule has 0 bridgehead atoms. The van der Waals surface area contributed by atoms with Gasteiger partial charge in [-0.15, -0.1) is 0 Å². The molecule has 6 heteroatoms. The van der Waals surface area contributed by atoms with Gasteiger partial charge in [0.2, 0.25) is 5.91 Å². The van der Waals surface area contributed by atoms with Crippen molar-refractivity contribution in [3.05, 3.63) is 64.9 Å². The fraction of sp³-hybridized carbons (Fsp3) is 0.429. The Morgan fingerprint density at radius 3 is 2.44 bits per heavy atom. The predicted octanol–water partition coefficient (Wildman–Crippen LogP) is 5.13. The number of para-hydroxylation sites is 1. The molecule has 0 aromatic heterocycles. The number of hydrogen-bond donors (Lipinski definition) is 1. The summed E-state index contributed by atoms with van der Waals surface area (Å²) in [7, 11) is 1.59. The molecule has 2 aliphatic rings. The number of ether oxygens (including phenoxy) is 3. The number of allylic oxidation sites excluding steroid dienone is 2. The number of hydrogen-bond acceptors (Lipinski definition) is 5. The maximum Gasteiger partial charge on any atom is 0.225 e. The monoisotopic (exact) mass is 463 g/mol. The van der Waals surface area contributed by atoms with E-state index in [1.165, 1.54) is 0 Å². The third-order valence-corrected chi connectivity index (χ3v) is 6.36. The van der Waals surface area contributed by atoms with Gasteiger partial charge in [-0.1, -0.05) is 38.1 Å². The molecule has 2 aromatic rings. The zero-order valence-electron chi connectivity index (χ0n) is 20.4. The average molecular weight is 464 g/mol. The minimum absolute atomic E-state index is 0.0149. The first-order chi connectivity index (χ1) is 16.4. The number of ketones is 1. The highest BCUT2D eigenvalue weighted by atomic mass is 16.5. The van der Waals surface area contributed by atoms with Crippen LogP contribution in [0, 0.1) is 5.92 Å². The van der Waals surface area contributed by atoms with Crippen LogP contribution in [0.5, 0.6) is 17.2 Å². The smallest absolute Gasteiger partial charge is 0.225 e. The Balaban J connectivity index is 1.63. The number of benzene rings is 2. The predicted molar refractivity (Wildman–Crippen MR) is 130 cm³/mol. The second-order valence-electron chi connectivity index (χ2n) is 9.31. The summed E-state index contributed by atoms with van der Waals surface area (Å²) in [6, 6.07) is 13.6. The number of methoxy groups -OCH3 is 1. The molecule has 1 N–H and O–H groups in total. The van der Waals surface area contributed by atoms with Gasteiger partial charge in [0.05, 0.1) is 20.3 Å². The Kier molecular flexibility index (Phi) is 7.25. The molecule has 0 fully saturated rings. The summed E-state index contributed by atoms with van der Waals surface area (Å²) in [5.74, 6) is 2.14. The van der Waals surface area contributed by atoms with Crippen molar-refractivity contribution < 1.29 is 23.8 Å². The van der Waals surface area contributed by atoms with E-state index in [0.717, 1.165) is 22.6 Å². The van der Waals surface area contributed by atoms with Crippen LogP contribution >= 0.6 is 0 Å². The molecule has 2 aromatic carbocycles. The van der Waals surface area contributed by atoms with Gasteiger partial charge in [-0.05, 0) is 48.9 Å². The molecule has 2 unspecified atom stereocenters. The van der Waals surface area contributed by atoms with Gasteiger partial charge in [0.1, 0.15) is 5.75 Å². The summed E-state index contributed by atoms with van der Waals surface area (Å²) >= 11 is 0. The summed E-state index contributed by atoms with van der Waals surface area (Å²) in [6.07, 6.45) is 1.24. The van der Waals surface area contributed by atoms with Crippen LogP contribution < -0.4 is 19.5 Å². The zero-order chi connectivity index (χ0) is 24.2. The Hall–Kier alpha value is -3.28. The lowest BCUT2D eigenvalue weighted by molar-refractivity contribution is -0.122. The number of amides is 1. The van der Waals surface area contributed by atoms with Crippen molar-refractivity contribution in [2.45, 2.75) is 51.9 Å². The van der Waals surface area contributed by atoms with Gasteiger partial charge in [-0.2, -0.15) is 0 Å². The lowest BCUT2D eigenvalue weighted by atomic mass is 9.73. The Morgan fingerprint density at radius 2 is 1.76 bits per heavy atom. The second-order valence-corrected chi connectivity index (χ2v) is 9.31. The molecular weight excluding hydrogens is 430 g/mol. The molecule has 4 rings (SSSR count). The number of carbonyl (C=O) groups excluding carboxylic acids is 2. The lowest BCUT2D eigenvalue weighted by Crippen LogP contribution is -2.38. The van der Waals surface area contributed by atoms with E-state index in [-0.39, 0.29) is 29.9 Å². The normalized spacial score (nSPS) is 20.1. The van der Waals surface area contributed by atoms with Crippen LogP contribution in [0.3, 0.4) is 0 Å². The molecule has 0 saturated carbocycles. The van der Waals surface area contributed by atoms with Crippen LogP contribution in [0.15, 0.2) is 53.7 Å². The molecule has 0 radical (unpaired) electrons. The molecule has 1 aliphatic carbocycles. The highest BCUT2D eigenvalue weighted by Crippen LogP contribution is 2.46. The summed E-state index contributed by atoms with van der Waals surface area (Å²) in [6.45, 7) is 7.26. The van der Waals surface area contributed by atoms with E-state index in [9.17, 15) is 9.59 Å². The summed E-state index contributed by atoms with van der Waals surface area (Å²) in [5, 5.41) is 3.00. The Morgan fingerprint density at radius 1 is 1.00 bits per heavy atom. The van der Waals surface area contributed by atoms with Crippen LogP contribution in [0.2, 0.25) is 0 Å². The molecule has 1 amide bonds.